The number of carbonyl (C=O) groups excluding carboxylic acids is 2. The predicted octanol–water partition coefficient (Wildman–Crippen LogP) is 5.04. The van der Waals surface area contributed by atoms with Crippen LogP contribution in [0.5, 0.6) is 0 Å². The van der Waals surface area contributed by atoms with Crippen LogP contribution >= 0.6 is 15.9 Å². The second-order valence-corrected chi connectivity index (χ2v) is 9.73. The van der Waals surface area contributed by atoms with Crippen molar-refractivity contribution in [1.29, 1.82) is 0 Å². The number of anilines is 1. The van der Waals surface area contributed by atoms with Gasteiger partial charge in [-0.15, -0.1) is 0 Å². The van der Waals surface area contributed by atoms with Crippen molar-refractivity contribution in [2.45, 2.75) is 51.4 Å². The summed E-state index contributed by atoms with van der Waals surface area (Å²) in [5.74, 6) is -1.84. The first-order valence-corrected chi connectivity index (χ1v) is 11.3. The van der Waals surface area contributed by atoms with E-state index in [0.717, 1.165) is 12.1 Å². The number of aliphatic imine (C=N–C) groups is 1. The molecule has 0 fully saturated rings. The van der Waals surface area contributed by atoms with E-state index in [-0.39, 0.29) is 17.2 Å². The third kappa shape index (κ3) is 6.37. The number of benzene rings is 1. The Labute approximate surface area is 208 Å². The summed E-state index contributed by atoms with van der Waals surface area (Å²) >= 11 is 3.22. The van der Waals surface area contributed by atoms with Crippen LogP contribution in [-0.4, -0.2) is 47.6 Å². The van der Waals surface area contributed by atoms with Crippen molar-refractivity contribution in [1.82, 2.24) is 10.3 Å². The van der Waals surface area contributed by atoms with Gasteiger partial charge in [0.1, 0.15) is 29.1 Å². The molecular weight excluding hydrogens is 533 g/mol. The highest BCUT2D eigenvalue weighted by Gasteiger charge is 2.48. The van der Waals surface area contributed by atoms with E-state index < -0.39 is 53.7 Å². The zero-order chi connectivity index (χ0) is 26.0. The van der Waals surface area contributed by atoms with E-state index in [1.165, 1.54) is 25.3 Å². The number of hydrogen-bond acceptors (Lipinski definition) is 6. The summed E-state index contributed by atoms with van der Waals surface area (Å²) in [6.07, 6.45) is -3.56. The van der Waals surface area contributed by atoms with Gasteiger partial charge in [-0.3, -0.25) is 10.1 Å². The van der Waals surface area contributed by atoms with E-state index in [4.69, 9.17) is 9.47 Å². The first-order chi connectivity index (χ1) is 16.3. The highest BCUT2D eigenvalue weighted by molar-refractivity contribution is 9.10. The standard InChI is InChI=1S/C23H24BrF3N4O4/c1-12-18(30-21(33)35-22(2,3)4)31-23(11-34-12,20(26)27)15-9-14(6-7-16(15)25)29-19(32)17-8-5-13(24)10-28-17/h5-10,12,20H,11H2,1-4H3,(H,29,32)(H,30,31,33). The molecule has 3 rings (SSSR count). The molecule has 12 heteroatoms. The Bertz CT molecular complexity index is 1140. The van der Waals surface area contributed by atoms with Crippen molar-refractivity contribution in [2.75, 3.05) is 11.9 Å². The lowest BCUT2D eigenvalue weighted by atomic mass is 9.89. The third-order valence-electron chi connectivity index (χ3n) is 4.90. The number of ether oxygens (including phenoxy) is 2. The Balaban J connectivity index is 1.96. The molecule has 2 aromatic rings. The number of aromatic nitrogens is 1. The molecule has 1 aromatic heterocycles. The molecule has 2 unspecified atom stereocenters. The van der Waals surface area contributed by atoms with Gasteiger partial charge in [-0.25, -0.2) is 27.9 Å². The minimum atomic E-state index is -3.21. The Hall–Kier alpha value is -2.99. The summed E-state index contributed by atoms with van der Waals surface area (Å²) in [6, 6.07) is 6.30. The molecule has 1 aliphatic heterocycles. The van der Waals surface area contributed by atoms with Crippen LogP contribution in [0.2, 0.25) is 0 Å². The van der Waals surface area contributed by atoms with Crippen molar-refractivity contribution in [3.05, 3.63) is 58.1 Å². The summed E-state index contributed by atoms with van der Waals surface area (Å²) in [5.41, 5.74) is -3.71. The lowest BCUT2D eigenvalue weighted by molar-refractivity contribution is -0.0352. The summed E-state index contributed by atoms with van der Waals surface area (Å²) in [6.45, 7) is 5.75. The van der Waals surface area contributed by atoms with Crippen LogP contribution in [0.1, 0.15) is 43.7 Å². The fourth-order valence-electron chi connectivity index (χ4n) is 3.21. The number of rotatable bonds is 4. The lowest BCUT2D eigenvalue weighted by Gasteiger charge is -2.36. The summed E-state index contributed by atoms with van der Waals surface area (Å²) in [4.78, 5) is 32.7. The summed E-state index contributed by atoms with van der Waals surface area (Å²) in [7, 11) is 0. The van der Waals surface area contributed by atoms with Gasteiger partial charge in [-0.2, -0.15) is 0 Å². The van der Waals surface area contributed by atoms with E-state index in [0.29, 0.717) is 4.47 Å². The zero-order valence-electron chi connectivity index (χ0n) is 19.4. The molecule has 2 N–H and O–H groups in total. The molecule has 1 aromatic carbocycles. The SMILES string of the molecule is CC1OCC(c2cc(NC(=O)c3ccc(Br)cn3)ccc2F)(C(F)F)N=C1NC(=O)OC(C)(C)C. The molecule has 2 atom stereocenters. The fourth-order valence-corrected chi connectivity index (χ4v) is 3.45. The second-order valence-electron chi connectivity index (χ2n) is 8.81. The van der Waals surface area contributed by atoms with Crippen molar-refractivity contribution in [3.63, 3.8) is 0 Å². The van der Waals surface area contributed by atoms with Gasteiger partial charge in [-0.1, -0.05) is 0 Å². The van der Waals surface area contributed by atoms with Gasteiger partial charge >= 0.3 is 6.09 Å². The van der Waals surface area contributed by atoms with Gasteiger partial charge < -0.3 is 14.8 Å². The number of nitrogens with zero attached hydrogens (tertiary/aromatic N) is 2. The van der Waals surface area contributed by atoms with Crippen LogP contribution in [0.4, 0.5) is 23.7 Å². The van der Waals surface area contributed by atoms with Crippen LogP contribution in [0.3, 0.4) is 0 Å². The van der Waals surface area contributed by atoms with E-state index in [1.54, 1.807) is 26.8 Å². The van der Waals surface area contributed by atoms with Gasteiger partial charge in [0, 0.05) is 21.9 Å². The number of carbonyl (C=O) groups is 2. The largest absolute Gasteiger partial charge is 0.444 e. The van der Waals surface area contributed by atoms with E-state index in [2.05, 4.69) is 36.5 Å². The molecule has 2 heterocycles. The monoisotopic (exact) mass is 556 g/mol. The average molecular weight is 557 g/mol. The fraction of sp³-hybridized carbons (Fsp3) is 0.391. The minimum absolute atomic E-state index is 0.0478. The molecule has 0 bridgehead atoms. The number of alkyl halides is 2. The lowest BCUT2D eigenvalue weighted by Crippen LogP contribution is -2.51. The molecule has 0 spiro atoms. The van der Waals surface area contributed by atoms with Gasteiger partial charge in [0.15, 0.2) is 5.54 Å². The maximum absolute atomic E-state index is 14.9. The highest BCUT2D eigenvalue weighted by Crippen LogP contribution is 2.39. The van der Waals surface area contributed by atoms with Crippen molar-refractivity contribution in [2.24, 2.45) is 4.99 Å². The maximum atomic E-state index is 14.9. The topological polar surface area (TPSA) is 102 Å². The highest BCUT2D eigenvalue weighted by atomic mass is 79.9. The Morgan fingerprint density at radius 2 is 1.94 bits per heavy atom. The second kappa shape index (κ2) is 10.3. The van der Waals surface area contributed by atoms with Gasteiger partial charge in [0.2, 0.25) is 0 Å². The van der Waals surface area contributed by atoms with Crippen LogP contribution in [-0.2, 0) is 15.0 Å². The number of amides is 2. The quantitative estimate of drug-likeness (QED) is 0.549. The number of hydrogen-bond donors (Lipinski definition) is 2. The number of amidine groups is 1. The maximum Gasteiger partial charge on any atom is 0.413 e. The number of alkyl carbamates (subject to hydrolysis) is 1. The van der Waals surface area contributed by atoms with Crippen LogP contribution in [0.15, 0.2) is 46.0 Å². The number of nitrogens with one attached hydrogen (secondary N) is 2. The molecule has 35 heavy (non-hydrogen) atoms. The molecule has 2 amide bonds. The van der Waals surface area contributed by atoms with Crippen molar-refractivity contribution in [3.8, 4) is 0 Å². The van der Waals surface area contributed by atoms with Crippen LogP contribution in [0, 0.1) is 5.82 Å². The molecule has 1 aliphatic rings. The normalized spacial score (nSPS) is 20.3. The van der Waals surface area contributed by atoms with Gasteiger partial charge in [0.05, 0.1) is 6.61 Å². The predicted molar refractivity (Wildman–Crippen MR) is 126 cm³/mol. The first-order valence-electron chi connectivity index (χ1n) is 10.5. The molecule has 0 saturated heterocycles. The molecule has 188 valence electrons. The van der Waals surface area contributed by atoms with E-state index >= 15 is 0 Å². The number of pyridine rings is 1. The first kappa shape index (κ1) is 26.6. The van der Waals surface area contributed by atoms with Crippen LogP contribution in [0.25, 0.3) is 0 Å². The van der Waals surface area contributed by atoms with Crippen molar-refractivity contribution < 1.29 is 32.2 Å². The minimum Gasteiger partial charge on any atom is -0.444 e. The van der Waals surface area contributed by atoms with E-state index in [1.807, 2.05) is 0 Å². The molecule has 0 saturated carbocycles. The Kier molecular flexibility index (Phi) is 7.85. The van der Waals surface area contributed by atoms with Gasteiger partial charge in [-0.05, 0) is 74.0 Å². The third-order valence-corrected chi connectivity index (χ3v) is 5.37. The molecule has 0 radical (unpaired) electrons. The summed E-state index contributed by atoms with van der Waals surface area (Å²) in [5, 5.41) is 4.83. The van der Waals surface area contributed by atoms with Crippen LogP contribution < -0.4 is 10.6 Å². The smallest absolute Gasteiger partial charge is 0.413 e. The number of halogens is 4. The molecule has 8 nitrogen and oxygen atoms in total. The Morgan fingerprint density at radius 1 is 1.23 bits per heavy atom. The van der Waals surface area contributed by atoms with Gasteiger partial charge in [0.25, 0.3) is 12.3 Å². The molecule has 0 aliphatic carbocycles. The zero-order valence-corrected chi connectivity index (χ0v) is 21.0. The molecular formula is C23H24BrF3N4O4. The van der Waals surface area contributed by atoms with Crippen molar-refractivity contribution >= 4 is 39.5 Å². The van der Waals surface area contributed by atoms with E-state index in [9.17, 15) is 22.8 Å². The summed E-state index contributed by atoms with van der Waals surface area (Å²) < 4.78 is 55.0. The Morgan fingerprint density at radius 3 is 2.54 bits per heavy atom. The average Bonchev–Trinajstić information content (AvgIpc) is 2.75.